The highest BCUT2D eigenvalue weighted by atomic mass is 16.6. The molecule has 1 aromatic heterocycles. The predicted octanol–water partition coefficient (Wildman–Crippen LogP) is 4.90. The minimum atomic E-state index is -0.527. The monoisotopic (exact) mass is 380 g/mol. The van der Waals surface area contributed by atoms with Crippen LogP contribution in [0.1, 0.15) is 31.9 Å². The summed E-state index contributed by atoms with van der Waals surface area (Å²) in [6, 6.07) is 15.4. The van der Waals surface area contributed by atoms with Gasteiger partial charge in [0.2, 0.25) is 0 Å². The molecule has 148 valence electrons. The maximum atomic E-state index is 12.7. The van der Waals surface area contributed by atoms with E-state index >= 15 is 0 Å². The van der Waals surface area contributed by atoms with Gasteiger partial charge in [-0.25, -0.2) is 4.79 Å². The van der Waals surface area contributed by atoms with Crippen LogP contribution in [0, 0.1) is 0 Å². The molecule has 3 rings (SSSR count). The molecule has 0 saturated heterocycles. The molecule has 2 N–H and O–H groups in total. The van der Waals surface area contributed by atoms with Crippen LogP contribution < -0.4 is 0 Å². The lowest BCUT2D eigenvalue weighted by atomic mass is 10.1. The Labute approximate surface area is 165 Å². The summed E-state index contributed by atoms with van der Waals surface area (Å²) < 4.78 is 5.61. The fourth-order valence-corrected chi connectivity index (χ4v) is 3.17. The first-order chi connectivity index (χ1) is 13.3. The molecule has 0 bridgehead atoms. The highest BCUT2D eigenvalue weighted by molar-refractivity contribution is 5.84. The molecule has 0 fully saturated rings. The van der Waals surface area contributed by atoms with Crippen LogP contribution in [0.2, 0.25) is 0 Å². The first kappa shape index (κ1) is 19.8. The molecular formula is C23H28N2O3. The number of aromatic nitrogens is 1. The fourth-order valence-electron chi connectivity index (χ4n) is 3.17. The molecule has 0 aliphatic rings. The number of aromatic amines is 1. The standard InChI is InChI=1S/C23H28N2O3/c1-23(2,3)28-22(27)25(13-11-17-7-5-4-6-8-17)14-12-18-16-24-21-15-19(26)9-10-20(18)21/h4-10,15-16,24,26H,11-14H2,1-3H3. The van der Waals surface area contributed by atoms with Crippen molar-refractivity contribution in [1.82, 2.24) is 9.88 Å². The lowest BCUT2D eigenvalue weighted by Gasteiger charge is -2.27. The van der Waals surface area contributed by atoms with Gasteiger partial charge in [-0.3, -0.25) is 0 Å². The number of amides is 1. The average molecular weight is 380 g/mol. The molecule has 1 heterocycles. The summed E-state index contributed by atoms with van der Waals surface area (Å²) in [5.74, 6) is 0.235. The molecular weight excluding hydrogens is 352 g/mol. The molecule has 5 heteroatoms. The van der Waals surface area contributed by atoms with E-state index in [-0.39, 0.29) is 11.8 Å². The Morgan fingerprint density at radius 2 is 1.79 bits per heavy atom. The summed E-state index contributed by atoms with van der Waals surface area (Å²) in [7, 11) is 0. The number of rotatable bonds is 6. The Bertz CT molecular complexity index is 926. The Hall–Kier alpha value is -2.95. The van der Waals surface area contributed by atoms with Crippen molar-refractivity contribution in [3.8, 4) is 5.75 Å². The number of ether oxygens (including phenoxy) is 1. The molecule has 0 unspecified atom stereocenters. The van der Waals surface area contributed by atoms with Gasteiger partial charge in [-0.15, -0.1) is 0 Å². The number of aromatic hydroxyl groups is 1. The van der Waals surface area contributed by atoms with Gasteiger partial charge in [0.1, 0.15) is 11.4 Å². The highest BCUT2D eigenvalue weighted by Gasteiger charge is 2.22. The fraction of sp³-hybridized carbons (Fsp3) is 0.348. The second kappa shape index (κ2) is 8.38. The molecule has 0 aliphatic heterocycles. The van der Waals surface area contributed by atoms with Crippen molar-refractivity contribution >= 4 is 17.0 Å². The number of carbonyl (C=O) groups excluding carboxylic acids is 1. The summed E-state index contributed by atoms with van der Waals surface area (Å²) in [6.07, 6.45) is 3.13. The van der Waals surface area contributed by atoms with Gasteiger partial charge in [0.15, 0.2) is 0 Å². The maximum Gasteiger partial charge on any atom is 0.410 e. The predicted molar refractivity (Wildman–Crippen MR) is 112 cm³/mol. The van der Waals surface area contributed by atoms with Gasteiger partial charge in [-0.2, -0.15) is 0 Å². The third kappa shape index (κ3) is 5.28. The quantitative estimate of drug-likeness (QED) is 0.639. The smallest absolute Gasteiger partial charge is 0.410 e. The number of phenolic OH excluding ortho intramolecular Hbond substituents is 1. The number of hydrogen-bond donors (Lipinski definition) is 2. The average Bonchev–Trinajstić information content (AvgIpc) is 3.03. The topological polar surface area (TPSA) is 65.6 Å². The Morgan fingerprint density at radius 3 is 2.50 bits per heavy atom. The minimum absolute atomic E-state index is 0.235. The molecule has 2 aromatic carbocycles. The zero-order valence-corrected chi connectivity index (χ0v) is 16.7. The van der Waals surface area contributed by atoms with Gasteiger partial charge in [-0.05, 0) is 56.9 Å². The van der Waals surface area contributed by atoms with E-state index in [9.17, 15) is 9.90 Å². The number of H-pyrrole nitrogens is 1. The van der Waals surface area contributed by atoms with E-state index in [1.165, 1.54) is 5.56 Å². The Kier molecular flexibility index (Phi) is 5.93. The molecule has 5 nitrogen and oxygen atoms in total. The molecule has 1 amide bonds. The van der Waals surface area contributed by atoms with Crippen LogP contribution in [-0.4, -0.2) is 39.8 Å². The third-order valence-corrected chi connectivity index (χ3v) is 4.57. The van der Waals surface area contributed by atoms with Gasteiger partial charge >= 0.3 is 6.09 Å². The zero-order chi connectivity index (χ0) is 20.1. The van der Waals surface area contributed by atoms with Crippen molar-refractivity contribution in [2.45, 2.75) is 39.2 Å². The number of hydrogen-bond acceptors (Lipinski definition) is 3. The number of nitrogens with one attached hydrogen (secondary N) is 1. The van der Waals surface area contributed by atoms with Gasteiger partial charge in [0.25, 0.3) is 0 Å². The molecule has 0 saturated carbocycles. The molecule has 0 radical (unpaired) electrons. The van der Waals surface area contributed by atoms with E-state index in [4.69, 9.17) is 4.74 Å². The lowest BCUT2D eigenvalue weighted by molar-refractivity contribution is 0.0254. The van der Waals surface area contributed by atoms with E-state index in [0.717, 1.165) is 22.9 Å². The number of fused-ring (bicyclic) bond motifs is 1. The maximum absolute atomic E-state index is 12.7. The molecule has 28 heavy (non-hydrogen) atoms. The van der Waals surface area contributed by atoms with Crippen LogP contribution in [0.5, 0.6) is 5.75 Å². The van der Waals surface area contributed by atoms with E-state index in [2.05, 4.69) is 17.1 Å². The van der Waals surface area contributed by atoms with E-state index < -0.39 is 5.60 Å². The van der Waals surface area contributed by atoms with Crippen molar-refractivity contribution in [3.05, 3.63) is 65.9 Å². The number of carbonyl (C=O) groups is 1. The van der Waals surface area contributed by atoms with Crippen molar-refractivity contribution < 1.29 is 14.6 Å². The van der Waals surface area contributed by atoms with Gasteiger partial charge in [-0.1, -0.05) is 30.3 Å². The largest absolute Gasteiger partial charge is 0.508 e. The summed E-state index contributed by atoms with van der Waals surface area (Å²) in [5.41, 5.74) is 2.67. The van der Waals surface area contributed by atoms with Crippen LogP contribution >= 0.6 is 0 Å². The van der Waals surface area contributed by atoms with Crippen LogP contribution in [0.4, 0.5) is 4.79 Å². The summed E-state index contributed by atoms with van der Waals surface area (Å²) in [4.78, 5) is 17.7. The molecule has 0 spiro atoms. The molecule has 0 atom stereocenters. The first-order valence-electron chi connectivity index (χ1n) is 9.63. The van der Waals surface area contributed by atoms with Crippen LogP contribution in [0.15, 0.2) is 54.7 Å². The normalized spacial score (nSPS) is 11.5. The van der Waals surface area contributed by atoms with E-state index in [1.807, 2.05) is 51.2 Å². The van der Waals surface area contributed by atoms with Crippen molar-refractivity contribution in [1.29, 1.82) is 0 Å². The third-order valence-electron chi connectivity index (χ3n) is 4.57. The van der Waals surface area contributed by atoms with Gasteiger partial charge in [0.05, 0.1) is 0 Å². The van der Waals surface area contributed by atoms with Gasteiger partial charge < -0.3 is 19.7 Å². The number of nitrogens with zero attached hydrogens (tertiary/aromatic N) is 1. The summed E-state index contributed by atoms with van der Waals surface area (Å²) in [5, 5.41) is 10.7. The van der Waals surface area contributed by atoms with Crippen molar-refractivity contribution in [2.24, 2.45) is 0 Å². The Balaban J connectivity index is 1.70. The molecule has 0 aliphatic carbocycles. The van der Waals surface area contributed by atoms with Crippen molar-refractivity contribution in [2.75, 3.05) is 13.1 Å². The van der Waals surface area contributed by atoms with E-state index in [1.54, 1.807) is 17.0 Å². The summed E-state index contributed by atoms with van der Waals surface area (Å²) >= 11 is 0. The zero-order valence-electron chi connectivity index (χ0n) is 16.7. The van der Waals surface area contributed by atoms with E-state index in [0.29, 0.717) is 19.5 Å². The lowest BCUT2D eigenvalue weighted by Crippen LogP contribution is -2.39. The SMILES string of the molecule is CC(C)(C)OC(=O)N(CCc1ccccc1)CCc1c[nH]c2cc(O)ccc12. The van der Waals surface area contributed by atoms with Gasteiger partial charge in [0, 0.05) is 36.3 Å². The number of phenols is 1. The molecule has 3 aromatic rings. The second-order valence-electron chi connectivity index (χ2n) is 8.00. The van der Waals surface area contributed by atoms with Crippen molar-refractivity contribution in [3.63, 3.8) is 0 Å². The minimum Gasteiger partial charge on any atom is -0.508 e. The van der Waals surface area contributed by atoms with Crippen LogP contribution in [0.3, 0.4) is 0 Å². The first-order valence-corrected chi connectivity index (χ1v) is 9.63. The van der Waals surface area contributed by atoms with Crippen LogP contribution in [-0.2, 0) is 17.6 Å². The second-order valence-corrected chi connectivity index (χ2v) is 8.00. The highest BCUT2D eigenvalue weighted by Crippen LogP contribution is 2.23. The summed E-state index contributed by atoms with van der Waals surface area (Å²) in [6.45, 7) is 6.81. The van der Waals surface area contributed by atoms with Crippen LogP contribution in [0.25, 0.3) is 10.9 Å². The number of benzene rings is 2. The Morgan fingerprint density at radius 1 is 1.07 bits per heavy atom.